The highest BCUT2D eigenvalue weighted by Crippen LogP contribution is 2.27. The zero-order valence-corrected chi connectivity index (χ0v) is 18.2. The Morgan fingerprint density at radius 3 is 1.82 bits per heavy atom. The molecule has 0 saturated carbocycles. The summed E-state index contributed by atoms with van der Waals surface area (Å²) in [6.45, 7) is 2.29. The molecule has 2 rings (SSSR count). The molecule has 1 N–H and O–H groups in total. The first kappa shape index (κ1) is 22.7. The summed E-state index contributed by atoms with van der Waals surface area (Å²) in [5.41, 5.74) is 3.72. The first-order valence-electron chi connectivity index (χ1n) is 12.0. The molecule has 0 saturated heterocycles. The lowest BCUT2D eigenvalue weighted by molar-refractivity contribution is 0.533. The first-order chi connectivity index (χ1) is 13.9. The van der Waals surface area contributed by atoms with Crippen molar-refractivity contribution in [2.75, 3.05) is 0 Å². The van der Waals surface area contributed by atoms with Gasteiger partial charge in [0.2, 0.25) is 0 Å². The fraction of sp³-hybridized carbons (Fsp3) is 0.654. The number of unbranched alkanes of at least 4 members (excludes halogenated alkanes) is 14. The molecule has 0 amide bonds. The Labute approximate surface area is 173 Å². The van der Waals surface area contributed by atoms with E-state index in [9.17, 15) is 0 Å². The SMILES string of the molecule is CCCCCCCCCCCCCCCCC/C(=C1/C=CC=N1)c1ccc[nH]1. The highest BCUT2D eigenvalue weighted by atomic mass is 14.8. The highest BCUT2D eigenvalue weighted by molar-refractivity contribution is 5.82. The van der Waals surface area contributed by atoms with E-state index in [1.807, 2.05) is 18.5 Å². The molecule has 1 aromatic heterocycles. The van der Waals surface area contributed by atoms with Crippen LogP contribution in [0.4, 0.5) is 0 Å². The van der Waals surface area contributed by atoms with Gasteiger partial charge in [0.25, 0.3) is 0 Å². The van der Waals surface area contributed by atoms with Gasteiger partial charge in [0.1, 0.15) is 0 Å². The van der Waals surface area contributed by atoms with Crippen LogP contribution in [-0.2, 0) is 0 Å². The molecule has 0 bridgehead atoms. The van der Waals surface area contributed by atoms with Crippen LogP contribution < -0.4 is 0 Å². The predicted octanol–water partition coefficient (Wildman–Crippen LogP) is 8.63. The third kappa shape index (κ3) is 9.57. The summed E-state index contributed by atoms with van der Waals surface area (Å²) in [5, 5.41) is 0. The maximum absolute atomic E-state index is 4.50. The van der Waals surface area contributed by atoms with Crippen molar-refractivity contribution in [1.29, 1.82) is 0 Å². The summed E-state index contributed by atoms with van der Waals surface area (Å²) in [4.78, 5) is 7.85. The zero-order chi connectivity index (χ0) is 19.7. The number of aromatic amines is 1. The second kappa shape index (κ2) is 15.4. The lowest BCUT2D eigenvalue weighted by Crippen LogP contribution is -1.90. The summed E-state index contributed by atoms with van der Waals surface area (Å²) < 4.78 is 0. The summed E-state index contributed by atoms with van der Waals surface area (Å²) >= 11 is 0. The summed E-state index contributed by atoms with van der Waals surface area (Å²) in [7, 11) is 0. The van der Waals surface area contributed by atoms with Gasteiger partial charge in [-0.15, -0.1) is 0 Å². The molecule has 1 aliphatic rings. The van der Waals surface area contributed by atoms with Crippen molar-refractivity contribution < 1.29 is 0 Å². The van der Waals surface area contributed by atoms with Crippen molar-refractivity contribution in [2.24, 2.45) is 4.99 Å². The van der Waals surface area contributed by atoms with E-state index < -0.39 is 0 Å². The maximum Gasteiger partial charge on any atom is 0.0682 e. The van der Waals surface area contributed by atoms with Crippen molar-refractivity contribution in [3.63, 3.8) is 0 Å². The van der Waals surface area contributed by atoms with Crippen molar-refractivity contribution >= 4 is 11.8 Å². The summed E-state index contributed by atoms with van der Waals surface area (Å²) in [5.74, 6) is 0. The molecule has 1 aliphatic heterocycles. The van der Waals surface area contributed by atoms with Crippen molar-refractivity contribution in [2.45, 2.75) is 110 Å². The van der Waals surface area contributed by atoms with Crippen LogP contribution >= 0.6 is 0 Å². The first-order valence-corrected chi connectivity index (χ1v) is 12.0. The molecule has 0 radical (unpaired) electrons. The van der Waals surface area contributed by atoms with Crippen LogP contribution in [0.1, 0.15) is 115 Å². The van der Waals surface area contributed by atoms with E-state index in [1.165, 1.54) is 108 Å². The third-order valence-corrected chi connectivity index (χ3v) is 5.82. The van der Waals surface area contributed by atoms with Crippen LogP contribution in [0, 0.1) is 0 Å². The topological polar surface area (TPSA) is 28.1 Å². The second-order valence-electron chi connectivity index (χ2n) is 8.28. The van der Waals surface area contributed by atoms with Crippen molar-refractivity contribution in [1.82, 2.24) is 4.98 Å². The standard InChI is InChI=1S/C26H42N2/c1-2-3-4-5-6-7-8-9-10-11-12-13-14-15-16-19-24(25-20-17-22-27-25)26-21-18-23-28-26/h17-18,20-23,27H,2-16,19H2,1H3/b26-24+. The molecule has 2 heteroatoms. The van der Waals surface area contributed by atoms with Gasteiger partial charge in [-0.2, -0.15) is 0 Å². The molecule has 0 unspecified atom stereocenters. The number of nitrogens with one attached hydrogen (secondary N) is 1. The number of aliphatic imine (C=N–C) groups is 1. The van der Waals surface area contributed by atoms with Gasteiger partial charge < -0.3 is 4.98 Å². The fourth-order valence-electron chi connectivity index (χ4n) is 4.07. The predicted molar refractivity (Wildman–Crippen MR) is 125 cm³/mol. The molecular formula is C26H42N2. The molecule has 0 aliphatic carbocycles. The Hall–Kier alpha value is -1.57. The van der Waals surface area contributed by atoms with Gasteiger partial charge in [-0.05, 0) is 37.1 Å². The number of nitrogens with zero attached hydrogens (tertiary/aromatic N) is 1. The summed E-state index contributed by atoms with van der Waals surface area (Å²) in [6, 6.07) is 4.24. The summed E-state index contributed by atoms with van der Waals surface area (Å²) in [6.07, 6.45) is 30.4. The Balaban J connectivity index is 1.43. The molecule has 2 nitrogen and oxygen atoms in total. The lowest BCUT2D eigenvalue weighted by Gasteiger charge is -2.08. The zero-order valence-electron chi connectivity index (χ0n) is 18.2. The van der Waals surface area contributed by atoms with Gasteiger partial charge in [0, 0.05) is 23.7 Å². The lowest BCUT2D eigenvalue weighted by atomic mass is 10.0. The van der Waals surface area contributed by atoms with Gasteiger partial charge in [0.15, 0.2) is 0 Å². The highest BCUT2D eigenvalue weighted by Gasteiger charge is 2.09. The minimum atomic E-state index is 1.12. The van der Waals surface area contributed by atoms with E-state index in [0.717, 1.165) is 12.1 Å². The fourth-order valence-corrected chi connectivity index (χ4v) is 4.07. The average molecular weight is 383 g/mol. The van der Waals surface area contributed by atoms with Gasteiger partial charge in [-0.25, -0.2) is 0 Å². The van der Waals surface area contributed by atoms with E-state index in [2.05, 4.69) is 35.1 Å². The largest absolute Gasteiger partial charge is 0.361 e. The van der Waals surface area contributed by atoms with E-state index in [-0.39, 0.29) is 0 Å². The van der Waals surface area contributed by atoms with Crippen LogP contribution in [0.3, 0.4) is 0 Å². The Morgan fingerprint density at radius 1 is 0.786 bits per heavy atom. The Kier molecular flexibility index (Phi) is 12.5. The van der Waals surface area contributed by atoms with Crippen LogP contribution in [0.2, 0.25) is 0 Å². The van der Waals surface area contributed by atoms with E-state index in [1.54, 1.807) is 0 Å². The molecule has 1 aromatic rings. The molecule has 2 heterocycles. The molecule has 0 fully saturated rings. The van der Waals surface area contributed by atoms with Crippen LogP contribution in [0.15, 0.2) is 41.2 Å². The van der Waals surface area contributed by atoms with Crippen molar-refractivity contribution in [3.8, 4) is 0 Å². The average Bonchev–Trinajstić information content (AvgIpc) is 3.42. The number of allylic oxidation sites excluding steroid dienone is 3. The molecule has 0 atom stereocenters. The van der Waals surface area contributed by atoms with Crippen LogP contribution in [-0.4, -0.2) is 11.2 Å². The van der Waals surface area contributed by atoms with Gasteiger partial charge >= 0.3 is 0 Å². The molecular weight excluding hydrogens is 340 g/mol. The quantitative estimate of drug-likeness (QED) is 0.261. The second-order valence-corrected chi connectivity index (χ2v) is 8.28. The third-order valence-electron chi connectivity index (χ3n) is 5.82. The molecule has 0 aromatic carbocycles. The number of aromatic nitrogens is 1. The Morgan fingerprint density at radius 2 is 1.36 bits per heavy atom. The minimum absolute atomic E-state index is 1.12. The van der Waals surface area contributed by atoms with Gasteiger partial charge in [-0.1, -0.05) is 96.8 Å². The number of hydrogen-bond donors (Lipinski definition) is 1. The number of hydrogen-bond acceptors (Lipinski definition) is 1. The Bertz CT molecular complexity index is 564. The molecule has 28 heavy (non-hydrogen) atoms. The number of rotatable bonds is 17. The van der Waals surface area contributed by atoms with Gasteiger partial charge in [-0.3, -0.25) is 4.99 Å². The normalized spacial score (nSPS) is 14.9. The minimum Gasteiger partial charge on any atom is -0.361 e. The molecule has 156 valence electrons. The van der Waals surface area contributed by atoms with Crippen LogP contribution in [0.25, 0.3) is 5.57 Å². The smallest absolute Gasteiger partial charge is 0.0682 e. The van der Waals surface area contributed by atoms with Gasteiger partial charge in [0.05, 0.1) is 5.70 Å². The number of H-pyrrole nitrogens is 1. The van der Waals surface area contributed by atoms with E-state index in [4.69, 9.17) is 0 Å². The molecule has 0 spiro atoms. The monoisotopic (exact) mass is 382 g/mol. The maximum atomic E-state index is 4.50. The van der Waals surface area contributed by atoms with E-state index >= 15 is 0 Å². The van der Waals surface area contributed by atoms with Crippen LogP contribution in [0.5, 0.6) is 0 Å². The van der Waals surface area contributed by atoms with E-state index in [0.29, 0.717) is 0 Å². The van der Waals surface area contributed by atoms with Crippen molar-refractivity contribution in [3.05, 3.63) is 41.9 Å².